The Balaban J connectivity index is 3.45. The van der Waals surface area contributed by atoms with Gasteiger partial charge in [0, 0.05) is 5.02 Å². The molecule has 0 saturated carbocycles. The number of rotatable bonds is 3. The number of nitrogens with two attached hydrogens (primary N) is 1. The molecule has 0 radical (unpaired) electrons. The molecule has 1 rings (SSSR count). The predicted molar refractivity (Wildman–Crippen MR) is 64.9 cm³/mol. The second kappa shape index (κ2) is 4.42. The summed E-state index contributed by atoms with van der Waals surface area (Å²) < 4.78 is 33.3. The highest BCUT2D eigenvalue weighted by atomic mass is 35.5. The Bertz CT molecular complexity index is 427. The molecule has 5 heteroatoms. The minimum atomic E-state index is -3.23. The van der Waals surface area contributed by atoms with Crippen molar-refractivity contribution in [3.05, 3.63) is 28.3 Å². The third-order valence-electron chi connectivity index (χ3n) is 2.63. The normalized spacial score (nSPS) is 12.7. The lowest BCUT2D eigenvalue weighted by molar-refractivity contribution is -0.0688. The highest BCUT2D eigenvalue weighted by Crippen LogP contribution is 2.43. The highest BCUT2D eigenvalue weighted by molar-refractivity contribution is 6.31. The third-order valence-corrected chi connectivity index (χ3v) is 3.04. The van der Waals surface area contributed by atoms with Gasteiger partial charge in [0.15, 0.2) is 0 Å². The summed E-state index contributed by atoms with van der Waals surface area (Å²) in [7, 11) is 1.34. The van der Waals surface area contributed by atoms with Gasteiger partial charge in [-0.2, -0.15) is 8.78 Å². The Labute approximate surface area is 105 Å². The second-order valence-electron chi connectivity index (χ2n) is 4.60. The van der Waals surface area contributed by atoms with Crippen LogP contribution >= 0.6 is 11.6 Å². The molecule has 0 bridgehead atoms. The summed E-state index contributed by atoms with van der Waals surface area (Å²) in [6, 6.07) is 2.70. The maximum absolute atomic E-state index is 14.2. The van der Waals surface area contributed by atoms with Crippen LogP contribution < -0.4 is 10.5 Å². The molecule has 0 aliphatic heterocycles. The summed E-state index contributed by atoms with van der Waals surface area (Å²) in [6.07, 6.45) is 0. The van der Waals surface area contributed by atoms with E-state index < -0.39 is 11.5 Å². The fourth-order valence-electron chi connectivity index (χ4n) is 1.42. The van der Waals surface area contributed by atoms with Crippen molar-refractivity contribution in [2.75, 3.05) is 7.11 Å². The monoisotopic (exact) mass is 263 g/mol. The van der Waals surface area contributed by atoms with Gasteiger partial charge in [0.1, 0.15) is 5.75 Å². The number of aryl methyl sites for hydroxylation is 1. The first-order valence-corrected chi connectivity index (χ1v) is 5.50. The van der Waals surface area contributed by atoms with Gasteiger partial charge in [-0.3, -0.25) is 0 Å². The first-order chi connectivity index (χ1) is 7.61. The van der Waals surface area contributed by atoms with Crippen molar-refractivity contribution in [2.45, 2.75) is 32.2 Å². The third kappa shape index (κ3) is 2.53. The largest absolute Gasteiger partial charge is 0.496 e. The molecular formula is C12H16ClF2NO. The van der Waals surface area contributed by atoms with Gasteiger partial charge in [-0.25, -0.2) is 0 Å². The number of alkyl halides is 2. The molecule has 1 aromatic rings. The Morgan fingerprint density at radius 2 is 1.82 bits per heavy atom. The molecule has 0 unspecified atom stereocenters. The predicted octanol–water partition coefficient (Wildman–Crippen LogP) is 3.49. The first kappa shape index (κ1) is 14.2. The van der Waals surface area contributed by atoms with Crippen LogP contribution in [0.3, 0.4) is 0 Å². The van der Waals surface area contributed by atoms with Crippen molar-refractivity contribution in [3.63, 3.8) is 0 Å². The number of benzene rings is 1. The van der Waals surface area contributed by atoms with Crippen molar-refractivity contribution >= 4 is 11.6 Å². The van der Waals surface area contributed by atoms with Gasteiger partial charge >= 0.3 is 0 Å². The van der Waals surface area contributed by atoms with Crippen LogP contribution in [0.15, 0.2) is 12.1 Å². The summed E-state index contributed by atoms with van der Waals surface area (Å²) >= 11 is 5.87. The van der Waals surface area contributed by atoms with E-state index in [1.54, 1.807) is 6.92 Å². The maximum atomic E-state index is 14.2. The van der Waals surface area contributed by atoms with Crippen LogP contribution in [0.4, 0.5) is 8.78 Å². The Hall–Kier alpha value is -0.870. The van der Waals surface area contributed by atoms with E-state index >= 15 is 0 Å². The molecule has 17 heavy (non-hydrogen) atoms. The van der Waals surface area contributed by atoms with E-state index in [4.69, 9.17) is 22.1 Å². The highest BCUT2D eigenvalue weighted by Gasteiger charge is 2.47. The van der Waals surface area contributed by atoms with Gasteiger partial charge in [-0.15, -0.1) is 0 Å². The van der Waals surface area contributed by atoms with Gasteiger partial charge in [-0.1, -0.05) is 11.6 Å². The zero-order valence-electron chi connectivity index (χ0n) is 10.3. The SMILES string of the molecule is COc1cc(C)c(Cl)cc1C(F)(F)C(C)(C)N. The molecule has 1 aromatic carbocycles. The van der Waals surface area contributed by atoms with E-state index in [0.717, 1.165) is 0 Å². The van der Waals surface area contributed by atoms with Crippen LogP contribution in [-0.4, -0.2) is 12.6 Å². The summed E-state index contributed by atoms with van der Waals surface area (Å²) in [6.45, 7) is 4.25. The Morgan fingerprint density at radius 1 is 1.29 bits per heavy atom. The molecule has 0 heterocycles. The summed E-state index contributed by atoms with van der Waals surface area (Å²) in [5, 5.41) is 0.268. The second-order valence-corrected chi connectivity index (χ2v) is 5.00. The maximum Gasteiger partial charge on any atom is 0.293 e. The van der Waals surface area contributed by atoms with Gasteiger partial charge in [-0.05, 0) is 38.5 Å². The Kier molecular flexibility index (Phi) is 3.69. The van der Waals surface area contributed by atoms with Crippen LogP contribution in [0.1, 0.15) is 25.0 Å². The lowest BCUT2D eigenvalue weighted by Crippen LogP contribution is -2.48. The van der Waals surface area contributed by atoms with Crippen LogP contribution in [0.5, 0.6) is 5.75 Å². The molecule has 0 fully saturated rings. The van der Waals surface area contributed by atoms with Crippen molar-refractivity contribution in [1.82, 2.24) is 0 Å². The number of hydrogen-bond donors (Lipinski definition) is 1. The van der Waals surface area contributed by atoms with Gasteiger partial charge in [0.2, 0.25) is 0 Å². The molecule has 0 aliphatic rings. The van der Waals surface area contributed by atoms with Crippen LogP contribution in [-0.2, 0) is 5.92 Å². The zero-order chi connectivity index (χ0) is 13.4. The Morgan fingerprint density at radius 3 is 2.24 bits per heavy atom. The molecule has 0 saturated heterocycles. The molecule has 2 nitrogen and oxygen atoms in total. The smallest absolute Gasteiger partial charge is 0.293 e. The van der Waals surface area contributed by atoms with Crippen molar-refractivity contribution in [1.29, 1.82) is 0 Å². The summed E-state index contributed by atoms with van der Waals surface area (Å²) in [4.78, 5) is 0. The van der Waals surface area contributed by atoms with E-state index in [1.165, 1.54) is 33.1 Å². The average molecular weight is 264 g/mol. The summed E-state index contributed by atoms with van der Waals surface area (Å²) in [5.41, 5.74) is 4.20. The topological polar surface area (TPSA) is 35.2 Å². The average Bonchev–Trinajstić information content (AvgIpc) is 2.19. The molecular weight excluding hydrogens is 248 g/mol. The fraction of sp³-hybridized carbons (Fsp3) is 0.500. The minimum absolute atomic E-state index is 0.0930. The quantitative estimate of drug-likeness (QED) is 0.906. The first-order valence-electron chi connectivity index (χ1n) is 5.12. The van der Waals surface area contributed by atoms with Crippen LogP contribution in [0.25, 0.3) is 0 Å². The van der Waals surface area contributed by atoms with Crippen LogP contribution in [0, 0.1) is 6.92 Å². The molecule has 2 N–H and O–H groups in total. The molecule has 0 aliphatic carbocycles. The number of methoxy groups -OCH3 is 1. The number of hydrogen-bond acceptors (Lipinski definition) is 2. The van der Waals surface area contributed by atoms with Crippen molar-refractivity contribution < 1.29 is 13.5 Å². The molecule has 0 spiro atoms. The van der Waals surface area contributed by atoms with E-state index in [1.807, 2.05) is 0 Å². The lowest BCUT2D eigenvalue weighted by Gasteiger charge is -2.31. The number of halogens is 3. The van der Waals surface area contributed by atoms with Crippen molar-refractivity contribution in [3.8, 4) is 5.75 Å². The van der Waals surface area contributed by atoms with Gasteiger partial charge < -0.3 is 10.5 Å². The van der Waals surface area contributed by atoms with E-state index in [0.29, 0.717) is 5.56 Å². The van der Waals surface area contributed by atoms with E-state index in [-0.39, 0.29) is 16.3 Å². The molecule has 0 atom stereocenters. The van der Waals surface area contributed by atoms with Gasteiger partial charge in [0.05, 0.1) is 18.2 Å². The van der Waals surface area contributed by atoms with Gasteiger partial charge in [0.25, 0.3) is 5.92 Å². The standard InChI is InChI=1S/C12H16ClF2NO/c1-7-5-10(17-4)8(6-9(7)13)12(14,15)11(2,3)16/h5-6H,16H2,1-4H3. The van der Waals surface area contributed by atoms with E-state index in [9.17, 15) is 8.78 Å². The van der Waals surface area contributed by atoms with E-state index in [2.05, 4.69) is 0 Å². The van der Waals surface area contributed by atoms with Crippen molar-refractivity contribution in [2.24, 2.45) is 5.73 Å². The zero-order valence-corrected chi connectivity index (χ0v) is 11.0. The number of ether oxygens (including phenoxy) is 1. The van der Waals surface area contributed by atoms with Crippen LogP contribution in [0.2, 0.25) is 5.02 Å². The summed E-state index contributed by atoms with van der Waals surface area (Å²) in [5.74, 6) is -3.13. The molecule has 96 valence electrons. The minimum Gasteiger partial charge on any atom is -0.496 e. The fourth-order valence-corrected chi connectivity index (χ4v) is 1.58. The molecule has 0 aromatic heterocycles. The lowest BCUT2D eigenvalue weighted by atomic mass is 9.90. The molecule has 0 amide bonds.